The minimum Gasteiger partial charge on any atom is -0.480 e. The van der Waals surface area contributed by atoms with Crippen LogP contribution in [0.3, 0.4) is 0 Å². The topological polar surface area (TPSA) is 75.4 Å². The molecule has 1 N–H and O–H groups in total. The van der Waals surface area contributed by atoms with Crippen LogP contribution in [0.4, 0.5) is 0 Å². The number of rotatable bonds is 3. The number of amides is 1. The molecule has 1 amide bonds. The van der Waals surface area contributed by atoms with Crippen LogP contribution in [0.5, 0.6) is 0 Å². The van der Waals surface area contributed by atoms with Gasteiger partial charge in [0.2, 0.25) is 0 Å². The summed E-state index contributed by atoms with van der Waals surface area (Å²) in [7, 11) is 0. The molecule has 6 nitrogen and oxygen atoms in total. The van der Waals surface area contributed by atoms with Crippen LogP contribution in [-0.2, 0) is 4.79 Å². The van der Waals surface area contributed by atoms with E-state index in [4.69, 9.17) is 0 Å². The van der Waals surface area contributed by atoms with Crippen molar-refractivity contribution in [3.05, 3.63) is 47.3 Å². The minimum atomic E-state index is -1.14. The summed E-state index contributed by atoms with van der Waals surface area (Å²) in [5.41, 5.74) is 1.99. The van der Waals surface area contributed by atoms with Gasteiger partial charge in [0.15, 0.2) is 0 Å². The summed E-state index contributed by atoms with van der Waals surface area (Å²) in [5, 5.41) is 13.9. The maximum absolute atomic E-state index is 12.9. The van der Waals surface area contributed by atoms with Crippen LogP contribution in [-0.4, -0.2) is 43.7 Å². The highest BCUT2D eigenvalue weighted by atomic mass is 16.4. The average Bonchev–Trinajstić information content (AvgIpc) is 3.12. The molecule has 0 radical (unpaired) electrons. The molecule has 2 aromatic rings. The van der Waals surface area contributed by atoms with Gasteiger partial charge >= 0.3 is 5.97 Å². The van der Waals surface area contributed by atoms with E-state index in [9.17, 15) is 14.7 Å². The molecule has 3 rings (SSSR count). The Balaban J connectivity index is 1.99. The number of para-hydroxylation sites is 1. The summed E-state index contributed by atoms with van der Waals surface area (Å²) >= 11 is 0. The Bertz CT molecular complexity index is 812. The summed E-state index contributed by atoms with van der Waals surface area (Å²) in [4.78, 5) is 26.0. The van der Waals surface area contributed by atoms with E-state index in [1.807, 2.05) is 38.1 Å². The van der Waals surface area contributed by atoms with Crippen LogP contribution < -0.4 is 0 Å². The molecular weight excluding hydrogens is 306 g/mol. The van der Waals surface area contributed by atoms with Crippen molar-refractivity contribution >= 4 is 11.9 Å². The van der Waals surface area contributed by atoms with Crippen LogP contribution in [0.25, 0.3) is 5.69 Å². The highest BCUT2D eigenvalue weighted by Crippen LogP contribution is 2.31. The van der Waals surface area contributed by atoms with E-state index in [-0.39, 0.29) is 5.91 Å². The quantitative estimate of drug-likeness (QED) is 0.940. The number of likely N-dealkylation sites (tertiary alicyclic amines) is 1. The predicted octanol–water partition coefficient (Wildman–Crippen LogP) is 2.57. The van der Waals surface area contributed by atoms with Crippen molar-refractivity contribution in [3.63, 3.8) is 0 Å². The summed E-state index contributed by atoms with van der Waals surface area (Å²) in [6.45, 7) is 5.89. The molecule has 0 aliphatic carbocycles. The van der Waals surface area contributed by atoms with E-state index in [0.717, 1.165) is 11.3 Å². The second kappa shape index (κ2) is 5.78. The van der Waals surface area contributed by atoms with Gasteiger partial charge in [-0.1, -0.05) is 18.2 Å². The predicted molar refractivity (Wildman–Crippen MR) is 89.3 cm³/mol. The molecule has 0 spiro atoms. The number of hydrogen-bond donors (Lipinski definition) is 1. The minimum absolute atomic E-state index is 0.269. The van der Waals surface area contributed by atoms with Gasteiger partial charge in [-0.05, 0) is 45.2 Å². The van der Waals surface area contributed by atoms with E-state index in [1.165, 1.54) is 11.1 Å². The number of carbonyl (C=O) groups is 2. The van der Waals surface area contributed by atoms with Crippen molar-refractivity contribution in [2.75, 3.05) is 6.54 Å². The second-order valence-electron chi connectivity index (χ2n) is 6.48. The van der Waals surface area contributed by atoms with Crippen LogP contribution in [0.15, 0.2) is 30.5 Å². The Kier molecular flexibility index (Phi) is 3.91. The van der Waals surface area contributed by atoms with Gasteiger partial charge in [-0.3, -0.25) is 4.79 Å². The molecule has 1 aromatic heterocycles. The number of carboxylic acid groups (broad SMARTS) is 1. The van der Waals surface area contributed by atoms with E-state index >= 15 is 0 Å². The van der Waals surface area contributed by atoms with Crippen LogP contribution in [0.2, 0.25) is 0 Å². The van der Waals surface area contributed by atoms with E-state index < -0.39 is 11.5 Å². The lowest BCUT2D eigenvalue weighted by Crippen LogP contribution is -2.50. The number of nitrogens with zero attached hydrogens (tertiary/aromatic N) is 3. The zero-order valence-corrected chi connectivity index (χ0v) is 14.1. The van der Waals surface area contributed by atoms with Crippen LogP contribution in [0.1, 0.15) is 41.4 Å². The van der Waals surface area contributed by atoms with Gasteiger partial charge in [-0.25, -0.2) is 9.48 Å². The number of aryl methyl sites for hydroxylation is 1. The first-order valence-corrected chi connectivity index (χ1v) is 8.02. The number of carbonyl (C=O) groups excluding carboxylic acids is 1. The highest BCUT2D eigenvalue weighted by molar-refractivity contribution is 5.99. The lowest BCUT2D eigenvalue weighted by atomic mass is 9.98. The molecule has 1 aromatic carbocycles. The number of benzene rings is 1. The first kappa shape index (κ1) is 16.2. The molecule has 1 aliphatic rings. The largest absolute Gasteiger partial charge is 0.480 e. The van der Waals surface area contributed by atoms with E-state index in [0.29, 0.717) is 30.6 Å². The van der Waals surface area contributed by atoms with Crippen molar-refractivity contribution in [2.45, 2.75) is 39.2 Å². The smallest absolute Gasteiger partial charge is 0.329 e. The SMILES string of the molecule is Cc1ccccc1-n1ncc(C(=O)N2CCCC2(C)C(=O)O)c1C. The molecular formula is C18H21N3O3. The maximum atomic E-state index is 12.9. The molecule has 0 bridgehead atoms. The molecule has 1 aliphatic heterocycles. The van der Waals surface area contributed by atoms with E-state index in [1.54, 1.807) is 11.6 Å². The highest BCUT2D eigenvalue weighted by Gasteiger charge is 2.46. The Morgan fingerprint density at radius 1 is 1.25 bits per heavy atom. The van der Waals surface area contributed by atoms with Crippen LogP contribution in [0, 0.1) is 13.8 Å². The molecule has 126 valence electrons. The first-order valence-electron chi connectivity index (χ1n) is 8.02. The fourth-order valence-corrected chi connectivity index (χ4v) is 3.32. The number of hydrogen-bond acceptors (Lipinski definition) is 3. The molecule has 0 saturated carbocycles. The fraction of sp³-hybridized carbons (Fsp3) is 0.389. The van der Waals surface area contributed by atoms with Gasteiger partial charge in [-0.2, -0.15) is 5.10 Å². The molecule has 1 fully saturated rings. The Hall–Kier alpha value is -2.63. The van der Waals surface area contributed by atoms with Gasteiger partial charge in [0.25, 0.3) is 5.91 Å². The Morgan fingerprint density at radius 2 is 1.96 bits per heavy atom. The number of aliphatic carboxylic acids is 1. The summed E-state index contributed by atoms with van der Waals surface area (Å²) < 4.78 is 1.73. The average molecular weight is 327 g/mol. The van der Waals surface area contributed by atoms with Crippen molar-refractivity contribution < 1.29 is 14.7 Å². The van der Waals surface area contributed by atoms with Crippen LogP contribution >= 0.6 is 0 Å². The lowest BCUT2D eigenvalue weighted by molar-refractivity contribution is -0.147. The Morgan fingerprint density at radius 3 is 2.62 bits per heavy atom. The molecule has 1 saturated heterocycles. The van der Waals surface area contributed by atoms with Crippen molar-refractivity contribution in [3.8, 4) is 5.69 Å². The monoisotopic (exact) mass is 327 g/mol. The third kappa shape index (κ3) is 2.38. The maximum Gasteiger partial charge on any atom is 0.329 e. The van der Waals surface area contributed by atoms with Crippen molar-refractivity contribution in [1.29, 1.82) is 0 Å². The third-order valence-electron chi connectivity index (χ3n) is 4.93. The summed E-state index contributed by atoms with van der Waals surface area (Å²) in [6, 6.07) is 7.81. The Labute approximate surface area is 140 Å². The summed E-state index contributed by atoms with van der Waals surface area (Å²) in [6.07, 6.45) is 2.70. The number of carboxylic acids is 1. The molecule has 6 heteroatoms. The molecule has 24 heavy (non-hydrogen) atoms. The zero-order chi connectivity index (χ0) is 17.5. The normalized spacial score (nSPS) is 20.4. The second-order valence-corrected chi connectivity index (χ2v) is 6.48. The van der Waals surface area contributed by atoms with Gasteiger partial charge in [0.05, 0.1) is 23.1 Å². The van der Waals surface area contributed by atoms with Gasteiger partial charge in [0.1, 0.15) is 5.54 Å². The molecule has 1 unspecified atom stereocenters. The number of aromatic nitrogens is 2. The molecule has 1 atom stereocenters. The third-order valence-corrected chi connectivity index (χ3v) is 4.93. The van der Waals surface area contributed by atoms with Gasteiger partial charge in [0, 0.05) is 6.54 Å². The first-order chi connectivity index (χ1) is 11.4. The van der Waals surface area contributed by atoms with Gasteiger partial charge in [-0.15, -0.1) is 0 Å². The van der Waals surface area contributed by atoms with Crippen molar-refractivity contribution in [2.24, 2.45) is 0 Å². The van der Waals surface area contributed by atoms with E-state index in [2.05, 4.69) is 5.10 Å². The fourth-order valence-electron chi connectivity index (χ4n) is 3.32. The zero-order valence-electron chi connectivity index (χ0n) is 14.1. The molecule has 2 heterocycles. The summed E-state index contributed by atoms with van der Waals surface area (Å²) in [5.74, 6) is -1.23. The van der Waals surface area contributed by atoms with Crippen molar-refractivity contribution in [1.82, 2.24) is 14.7 Å². The lowest BCUT2D eigenvalue weighted by Gasteiger charge is -2.31. The van der Waals surface area contributed by atoms with Gasteiger partial charge < -0.3 is 10.0 Å². The standard InChI is InChI=1S/C18H21N3O3/c1-12-7-4-5-8-15(12)21-13(2)14(11-19-21)16(22)20-10-6-9-18(20,3)17(23)24/h4-5,7-8,11H,6,9-10H2,1-3H3,(H,23,24).